The Morgan fingerprint density at radius 3 is 2.26 bits per heavy atom. The maximum atomic E-state index is 13.4. The largest absolute Gasteiger partial charge is 0.460 e. The van der Waals surface area contributed by atoms with Crippen LogP contribution in [0.25, 0.3) is 10.9 Å². The molecule has 12 nitrogen and oxygen atoms in total. The molecule has 2 aromatic carbocycles. The molecule has 0 fully saturated rings. The van der Waals surface area contributed by atoms with Crippen LogP contribution in [0.4, 0.5) is 0 Å². The number of hydrogen-bond donors (Lipinski definition) is 3. The molecular formula is C31H37ClN4O8S2. The first-order chi connectivity index (χ1) is 21.3. The maximum absolute atomic E-state index is 13.4. The topological polar surface area (TPSA) is 178 Å². The summed E-state index contributed by atoms with van der Waals surface area (Å²) in [4.78, 5) is 43.2. The molecule has 0 saturated carbocycles. The van der Waals surface area contributed by atoms with Crippen LogP contribution in [0.1, 0.15) is 38.4 Å². The summed E-state index contributed by atoms with van der Waals surface area (Å²) in [6, 6.07) is 14.3. The number of aryl methyl sites for hydroxylation is 1. The van der Waals surface area contributed by atoms with Crippen molar-refractivity contribution in [2.24, 2.45) is 0 Å². The average Bonchev–Trinajstić information content (AvgIpc) is 2.94. The number of sulfonamides is 1. The van der Waals surface area contributed by atoms with Crippen LogP contribution in [-0.2, 0) is 45.4 Å². The molecule has 3 rings (SSSR count). The number of carbonyl (C=O) groups excluding carboxylic acids is 3. The van der Waals surface area contributed by atoms with Crippen molar-refractivity contribution >= 4 is 60.1 Å². The van der Waals surface area contributed by atoms with Crippen molar-refractivity contribution in [1.29, 1.82) is 0 Å². The van der Waals surface area contributed by atoms with Gasteiger partial charge >= 0.3 is 5.97 Å². The molecule has 3 N–H and O–H groups in total. The molecule has 0 spiro atoms. The van der Waals surface area contributed by atoms with Crippen LogP contribution in [0, 0.1) is 6.92 Å². The third-order valence-electron chi connectivity index (χ3n) is 6.28. The first-order valence-corrected chi connectivity index (χ1v) is 17.9. The highest BCUT2D eigenvalue weighted by atomic mass is 35.5. The van der Waals surface area contributed by atoms with E-state index in [0.717, 1.165) is 23.3 Å². The van der Waals surface area contributed by atoms with Crippen LogP contribution >= 0.6 is 11.6 Å². The normalized spacial score (nSPS) is 13.9. The van der Waals surface area contributed by atoms with Gasteiger partial charge in [-0.15, -0.1) is 0 Å². The number of sulfone groups is 1. The monoisotopic (exact) mass is 692 g/mol. The molecular weight excluding hydrogens is 656 g/mol. The number of aromatic nitrogens is 1. The van der Waals surface area contributed by atoms with Crippen molar-refractivity contribution in [1.82, 2.24) is 20.3 Å². The molecule has 15 heteroatoms. The Morgan fingerprint density at radius 1 is 0.978 bits per heavy atom. The number of fused-ring (bicyclic) bond motifs is 1. The number of ether oxygens (including phenoxy) is 1. The van der Waals surface area contributed by atoms with Crippen LogP contribution in [-0.4, -0.2) is 70.1 Å². The first-order valence-electron chi connectivity index (χ1n) is 14.1. The van der Waals surface area contributed by atoms with Gasteiger partial charge in [0.05, 0.1) is 29.4 Å². The van der Waals surface area contributed by atoms with Crippen molar-refractivity contribution < 1.29 is 36.0 Å². The van der Waals surface area contributed by atoms with E-state index >= 15 is 0 Å². The smallest absolute Gasteiger partial charge is 0.308 e. The fraction of sp³-hybridized carbons (Fsp3) is 0.355. The summed E-state index contributed by atoms with van der Waals surface area (Å²) in [7, 11) is -8.01. The number of nitrogens with zero attached hydrogens (tertiary/aromatic N) is 1. The van der Waals surface area contributed by atoms with Gasteiger partial charge in [-0.2, -0.15) is 4.72 Å². The Bertz CT molecular complexity index is 1840. The lowest BCUT2D eigenvalue weighted by Crippen LogP contribution is -2.50. The lowest BCUT2D eigenvalue weighted by molar-refractivity contribution is -0.155. The van der Waals surface area contributed by atoms with Gasteiger partial charge in [-0.1, -0.05) is 53.6 Å². The van der Waals surface area contributed by atoms with E-state index in [1.165, 1.54) is 12.1 Å². The summed E-state index contributed by atoms with van der Waals surface area (Å²) in [5, 5.41) is 5.72. The van der Waals surface area contributed by atoms with E-state index in [1.54, 1.807) is 64.1 Å². The summed E-state index contributed by atoms with van der Waals surface area (Å²) in [6.45, 7) is 6.10. The van der Waals surface area contributed by atoms with E-state index < -0.39 is 72.7 Å². The quantitative estimate of drug-likeness (QED) is 0.227. The van der Waals surface area contributed by atoms with Crippen LogP contribution < -0.4 is 15.4 Å². The number of nitrogens with one attached hydrogen (secondary N) is 3. The molecule has 248 valence electrons. The molecule has 0 bridgehead atoms. The number of benzene rings is 2. The molecule has 1 aromatic heterocycles. The Hall–Kier alpha value is -3.85. The van der Waals surface area contributed by atoms with Crippen LogP contribution in [0.2, 0.25) is 0 Å². The Morgan fingerprint density at radius 2 is 1.63 bits per heavy atom. The van der Waals surface area contributed by atoms with Crippen molar-refractivity contribution in [3.8, 4) is 0 Å². The van der Waals surface area contributed by atoms with Gasteiger partial charge < -0.3 is 15.4 Å². The van der Waals surface area contributed by atoms with Crippen molar-refractivity contribution in [3.05, 3.63) is 82.4 Å². The molecule has 0 aliphatic heterocycles. The van der Waals surface area contributed by atoms with E-state index in [2.05, 4.69) is 20.3 Å². The summed E-state index contributed by atoms with van der Waals surface area (Å²) in [6.07, 6.45) is 1.26. The highest BCUT2D eigenvalue weighted by Crippen LogP contribution is 2.17. The second kappa shape index (κ2) is 15.2. The van der Waals surface area contributed by atoms with E-state index in [1.807, 2.05) is 12.1 Å². The number of amides is 2. The van der Waals surface area contributed by atoms with Gasteiger partial charge in [-0.3, -0.25) is 19.4 Å². The molecule has 2 atom stereocenters. The predicted molar refractivity (Wildman–Crippen MR) is 175 cm³/mol. The molecule has 0 aliphatic carbocycles. The van der Waals surface area contributed by atoms with E-state index in [4.69, 9.17) is 16.3 Å². The van der Waals surface area contributed by atoms with E-state index in [9.17, 15) is 31.2 Å². The van der Waals surface area contributed by atoms with Gasteiger partial charge in [0.2, 0.25) is 21.8 Å². The lowest BCUT2D eigenvalue weighted by Gasteiger charge is -2.22. The fourth-order valence-electron chi connectivity index (χ4n) is 4.14. The van der Waals surface area contributed by atoms with Crippen LogP contribution in [0.15, 0.2) is 76.0 Å². The molecule has 0 aliphatic rings. The third-order valence-corrected chi connectivity index (χ3v) is 9.58. The second-order valence-electron chi connectivity index (χ2n) is 11.6. The maximum Gasteiger partial charge on any atom is 0.308 e. The lowest BCUT2D eigenvalue weighted by atomic mass is 10.1. The van der Waals surface area contributed by atoms with Crippen molar-refractivity contribution in [2.45, 2.75) is 63.1 Å². The zero-order valence-electron chi connectivity index (χ0n) is 26.0. The molecule has 0 radical (unpaired) electrons. The predicted octanol–water partition coefficient (Wildman–Crippen LogP) is 2.89. The first kappa shape index (κ1) is 36.6. The van der Waals surface area contributed by atoms with Crippen molar-refractivity contribution in [2.75, 3.05) is 12.8 Å². The van der Waals surface area contributed by atoms with Crippen LogP contribution in [0.3, 0.4) is 0 Å². The van der Waals surface area contributed by atoms with Crippen LogP contribution in [0.5, 0.6) is 0 Å². The Balaban J connectivity index is 1.80. The fourth-order valence-corrected chi connectivity index (χ4v) is 5.90. The minimum absolute atomic E-state index is 0.0559. The van der Waals surface area contributed by atoms with Gasteiger partial charge in [-0.05, 0) is 58.0 Å². The summed E-state index contributed by atoms with van der Waals surface area (Å²) >= 11 is 5.88. The number of pyridine rings is 1. The van der Waals surface area contributed by atoms with Gasteiger partial charge in [0.25, 0.3) is 0 Å². The molecule has 2 amide bonds. The number of esters is 1. The molecule has 0 unspecified atom stereocenters. The second-order valence-corrected chi connectivity index (χ2v) is 15.9. The SMILES string of the molecule is Cc1ccc(S(=O)(=O)N[C@@H](Cc2ccc3ccccc3n2)C(=O)NCC(=O)N[C@H](/C=C(\Cl)S(C)(=O)=O)CC(=O)OC(C)(C)C)cc1. The number of halogens is 1. The molecule has 0 saturated heterocycles. The minimum Gasteiger partial charge on any atom is -0.460 e. The number of hydrogen-bond acceptors (Lipinski definition) is 9. The van der Waals surface area contributed by atoms with Gasteiger partial charge in [-0.25, -0.2) is 16.8 Å². The minimum atomic E-state index is -4.17. The van der Waals surface area contributed by atoms with E-state index in [0.29, 0.717) is 11.2 Å². The standard InChI is InChI=1S/C31H37ClN4O8S2/c1-20-10-14-24(15-11-20)46(42,43)36-26(16-22-13-12-21-8-6-7-9-25(21)34-22)30(39)33-19-28(37)35-23(17-27(32)45(5,40)41)18-29(38)44-31(2,3)4/h6-15,17,23,26,36H,16,18-19H2,1-5H3,(H,33,39)(H,35,37)/b27-17+/t23-,26+/m1/s1. The Labute approximate surface area is 273 Å². The van der Waals surface area contributed by atoms with Gasteiger partial charge in [0.1, 0.15) is 16.0 Å². The molecule has 46 heavy (non-hydrogen) atoms. The Kier molecular flexibility index (Phi) is 12.1. The van der Waals surface area contributed by atoms with Gasteiger partial charge in [0, 0.05) is 23.8 Å². The summed E-state index contributed by atoms with van der Waals surface area (Å²) in [5.74, 6) is -2.36. The van der Waals surface area contributed by atoms with Crippen molar-refractivity contribution in [3.63, 3.8) is 0 Å². The number of carbonyl (C=O) groups is 3. The highest BCUT2D eigenvalue weighted by Gasteiger charge is 2.28. The van der Waals surface area contributed by atoms with E-state index in [-0.39, 0.29) is 11.3 Å². The molecule has 3 aromatic rings. The highest BCUT2D eigenvalue weighted by molar-refractivity contribution is 7.96. The molecule has 1 heterocycles. The summed E-state index contributed by atoms with van der Waals surface area (Å²) in [5.41, 5.74) is 1.08. The average molecular weight is 693 g/mol. The zero-order chi connectivity index (χ0) is 34.3. The zero-order valence-corrected chi connectivity index (χ0v) is 28.4. The summed E-state index contributed by atoms with van der Waals surface area (Å²) < 4.78 is 57.3. The van der Waals surface area contributed by atoms with Gasteiger partial charge in [0.15, 0.2) is 9.84 Å². The number of rotatable bonds is 13. The third kappa shape index (κ3) is 11.5. The number of para-hydroxylation sites is 1.